The number of nitrogens with one attached hydrogen (secondary N) is 1. The highest BCUT2D eigenvalue weighted by Crippen LogP contribution is 2.33. The van der Waals surface area contributed by atoms with Crippen LogP contribution in [0, 0.1) is 5.92 Å². The summed E-state index contributed by atoms with van der Waals surface area (Å²) >= 11 is 0. The molecule has 0 aromatic heterocycles. The van der Waals surface area contributed by atoms with Gasteiger partial charge in [-0.05, 0) is 18.8 Å². The molecule has 0 aromatic carbocycles. The third-order valence-electron chi connectivity index (χ3n) is 3.08. The molecule has 1 saturated heterocycles. The van der Waals surface area contributed by atoms with Crippen molar-refractivity contribution in [2.45, 2.75) is 31.0 Å². The number of aliphatic carboxylic acids is 1. The van der Waals surface area contributed by atoms with Crippen LogP contribution in [0.2, 0.25) is 0 Å². The SMILES string of the molecule is O=C(O)C(NC1CS(=O)(=O)CC1O)C1CC1. The van der Waals surface area contributed by atoms with Crippen molar-refractivity contribution in [1.29, 1.82) is 0 Å². The number of aliphatic hydroxyl groups is 1. The van der Waals surface area contributed by atoms with Gasteiger partial charge in [-0.25, -0.2) is 8.42 Å². The number of carboxylic acids is 1. The van der Waals surface area contributed by atoms with E-state index in [-0.39, 0.29) is 17.4 Å². The van der Waals surface area contributed by atoms with Gasteiger partial charge >= 0.3 is 5.97 Å². The minimum Gasteiger partial charge on any atom is -0.480 e. The van der Waals surface area contributed by atoms with Gasteiger partial charge in [0.05, 0.1) is 17.6 Å². The molecule has 2 fully saturated rings. The first-order valence-corrected chi connectivity index (χ1v) is 7.08. The van der Waals surface area contributed by atoms with Gasteiger partial charge in [0, 0.05) is 6.04 Å². The summed E-state index contributed by atoms with van der Waals surface area (Å²) in [5.41, 5.74) is 0. The third-order valence-corrected chi connectivity index (χ3v) is 4.79. The first kappa shape index (κ1) is 11.8. The number of hydrogen-bond donors (Lipinski definition) is 3. The Labute approximate surface area is 93.6 Å². The molecule has 1 aliphatic heterocycles. The number of carbonyl (C=O) groups is 1. The maximum atomic E-state index is 11.2. The van der Waals surface area contributed by atoms with E-state index in [9.17, 15) is 18.3 Å². The Balaban J connectivity index is 2.01. The van der Waals surface area contributed by atoms with Crippen LogP contribution in [0.4, 0.5) is 0 Å². The summed E-state index contributed by atoms with van der Waals surface area (Å²) in [5.74, 6) is -1.35. The Hall–Kier alpha value is -0.660. The topological polar surface area (TPSA) is 104 Å². The first-order chi connectivity index (χ1) is 7.39. The van der Waals surface area contributed by atoms with Crippen LogP contribution in [0.1, 0.15) is 12.8 Å². The van der Waals surface area contributed by atoms with Gasteiger partial charge in [0.1, 0.15) is 6.04 Å². The summed E-state index contributed by atoms with van der Waals surface area (Å²) in [6, 6.07) is -1.38. The Morgan fingerprint density at radius 3 is 2.31 bits per heavy atom. The van der Waals surface area contributed by atoms with Gasteiger partial charge in [-0.3, -0.25) is 10.1 Å². The largest absolute Gasteiger partial charge is 0.480 e. The van der Waals surface area contributed by atoms with Gasteiger partial charge in [0.15, 0.2) is 9.84 Å². The summed E-state index contributed by atoms with van der Waals surface area (Å²) in [6.07, 6.45) is 0.699. The minimum absolute atomic E-state index is 0.0769. The van der Waals surface area contributed by atoms with Gasteiger partial charge in [0.2, 0.25) is 0 Å². The van der Waals surface area contributed by atoms with Gasteiger partial charge in [0.25, 0.3) is 0 Å². The molecule has 3 atom stereocenters. The fourth-order valence-corrected chi connectivity index (χ4v) is 3.81. The Morgan fingerprint density at radius 2 is 1.94 bits per heavy atom. The van der Waals surface area contributed by atoms with Crippen molar-refractivity contribution in [2.24, 2.45) is 5.92 Å². The van der Waals surface area contributed by atoms with Crippen molar-refractivity contribution < 1.29 is 23.4 Å². The maximum Gasteiger partial charge on any atom is 0.320 e. The highest BCUT2D eigenvalue weighted by Gasteiger charge is 2.42. The molecule has 2 rings (SSSR count). The van der Waals surface area contributed by atoms with E-state index in [4.69, 9.17) is 5.11 Å². The normalized spacial score (nSPS) is 34.8. The second-order valence-electron chi connectivity index (χ2n) is 4.57. The number of sulfone groups is 1. The molecule has 3 N–H and O–H groups in total. The van der Waals surface area contributed by atoms with Crippen molar-refractivity contribution in [3.63, 3.8) is 0 Å². The highest BCUT2D eigenvalue weighted by atomic mass is 32.2. The zero-order valence-electron chi connectivity index (χ0n) is 8.67. The van der Waals surface area contributed by atoms with E-state index in [2.05, 4.69) is 5.32 Å². The molecule has 16 heavy (non-hydrogen) atoms. The fourth-order valence-electron chi connectivity index (χ4n) is 2.06. The third kappa shape index (κ3) is 2.53. The van der Waals surface area contributed by atoms with Gasteiger partial charge in [-0.15, -0.1) is 0 Å². The van der Waals surface area contributed by atoms with Crippen LogP contribution in [0.15, 0.2) is 0 Å². The molecule has 0 amide bonds. The Kier molecular flexibility index (Phi) is 2.93. The lowest BCUT2D eigenvalue weighted by Gasteiger charge is -2.20. The van der Waals surface area contributed by atoms with Crippen molar-refractivity contribution in [3.05, 3.63) is 0 Å². The van der Waals surface area contributed by atoms with Gasteiger partial charge in [-0.2, -0.15) is 0 Å². The highest BCUT2D eigenvalue weighted by molar-refractivity contribution is 7.91. The number of rotatable bonds is 4. The predicted octanol–water partition coefficient (Wildman–Crippen LogP) is -1.40. The van der Waals surface area contributed by atoms with E-state index < -0.39 is 34.0 Å². The Morgan fingerprint density at radius 1 is 1.31 bits per heavy atom. The molecule has 0 bridgehead atoms. The standard InChI is InChI=1S/C9H15NO5S/c11-7-4-16(14,15)3-6(7)10-8(9(12)13)5-1-2-5/h5-8,10-11H,1-4H2,(H,12,13). The van der Waals surface area contributed by atoms with Crippen molar-refractivity contribution >= 4 is 15.8 Å². The van der Waals surface area contributed by atoms with E-state index in [1.54, 1.807) is 0 Å². The van der Waals surface area contributed by atoms with Gasteiger partial charge < -0.3 is 10.2 Å². The molecule has 0 aromatic rings. The van der Waals surface area contributed by atoms with E-state index >= 15 is 0 Å². The molecule has 2 aliphatic rings. The smallest absolute Gasteiger partial charge is 0.320 e. The summed E-state index contributed by atoms with van der Waals surface area (Å²) < 4.78 is 22.5. The molecule has 0 spiro atoms. The molecule has 1 aliphatic carbocycles. The minimum atomic E-state index is -3.23. The molecule has 0 radical (unpaired) electrons. The van der Waals surface area contributed by atoms with Crippen LogP contribution >= 0.6 is 0 Å². The molecule has 6 nitrogen and oxygen atoms in total. The van der Waals surface area contributed by atoms with Crippen LogP contribution in [0.3, 0.4) is 0 Å². The lowest BCUT2D eigenvalue weighted by atomic mass is 10.1. The summed E-state index contributed by atoms with van der Waals surface area (Å²) in [6.45, 7) is 0. The molecule has 7 heteroatoms. The number of aliphatic hydroxyl groups excluding tert-OH is 1. The fraction of sp³-hybridized carbons (Fsp3) is 0.889. The summed E-state index contributed by atoms with van der Waals surface area (Å²) in [4.78, 5) is 10.9. The van der Waals surface area contributed by atoms with Gasteiger partial charge in [-0.1, -0.05) is 0 Å². The lowest BCUT2D eigenvalue weighted by Crippen LogP contribution is -2.49. The van der Waals surface area contributed by atoms with E-state index in [1.165, 1.54) is 0 Å². The van der Waals surface area contributed by atoms with Crippen molar-refractivity contribution in [3.8, 4) is 0 Å². The monoisotopic (exact) mass is 249 g/mol. The van der Waals surface area contributed by atoms with Crippen molar-refractivity contribution in [1.82, 2.24) is 5.32 Å². The quantitative estimate of drug-likeness (QED) is 0.566. The molecular weight excluding hydrogens is 234 g/mol. The number of carboxylic acid groups (broad SMARTS) is 1. The predicted molar refractivity (Wildman–Crippen MR) is 55.7 cm³/mol. The van der Waals surface area contributed by atoms with Crippen molar-refractivity contribution in [2.75, 3.05) is 11.5 Å². The second-order valence-corrected chi connectivity index (χ2v) is 6.72. The van der Waals surface area contributed by atoms with Crippen LogP contribution in [-0.4, -0.2) is 54.3 Å². The van der Waals surface area contributed by atoms with Crippen LogP contribution < -0.4 is 5.32 Å². The van der Waals surface area contributed by atoms with E-state index in [0.717, 1.165) is 12.8 Å². The second kappa shape index (κ2) is 3.97. The zero-order valence-corrected chi connectivity index (χ0v) is 9.48. The number of hydrogen-bond acceptors (Lipinski definition) is 5. The molecule has 1 saturated carbocycles. The maximum absolute atomic E-state index is 11.2. The van der Waals surface area contributed by atoms with Crippen LogP contribution in [0.5, 0.6) is 0 Å². The summed E-state index contributed by atoms with van der Waals surface area (Å²) in [7, 11) is -3.23. The molecule has 92 valence electrons. The van der Waals surface area contributed by atoms with E-state index in [0.29, 0.717) is 0 Å². The Bertz CT molecular complexity index is 389. The molecule has 1 heterocycles. The first-order valence-electron chi connectivity index (χ1n) is 5.26. The summed E-state index contributed by atoms with van der Waals surface area (Å²) in [5, 5.41) is 21.2. The molecular formula is C9H15NO5S. The average molecular weight is 249 g/mol. The molecule has 3 unspecified atom stereocenters. The average Bonchev–Trinajstić information content (AvgIpc) is 2.89. The lowest BCUT2D eigenvalue weighted by molar-refractivity contribution is -0.140. The zero-order chi connectivity index (χ0) is 11.9. The van der Waals surface area contributed by atoms with Crippen LogP contribution in [0.25, 0.3) is 0 Å². The van der Waals surface area contributed by atoms with E-state index in [1.807, 2.05) is 0 Å². The van der Waals surface area contributed by atoms with Crippen LogP contribution in [-0.2, 0) is 14.6 Å².